The van der Waals surface area contributed by atoms with Gasteiger partial charge in [0.1, 0.15) is 12.4 Å². The molecule has 0 saturated carbocycles. The van der Waals surface area contributed by atoms with Gasteiger partial charge in [-0.2, -0.15) is 0 Å². The number of Topliss-reactive ketones (excluding diaryl/α,β-unsaturated/α-hetero) is 1. The van der Waals surface area contributed by atoms with Crippen LogP contribution in [0.1, 0.15) is 48.8 Å². The van der Waals surface area contributed by atoms with Crippen LogP contribution in [0.4, 0.5) is 0 Å². The van der Waals surface area contributed by atoms with E-state index < -0.39 is 16.0 Å². The fourth-order valence-electron chi connectivity index (χ4n) is 3.23. The Morgan fingerprint density at radius 1 is 1.12 bits per heavy atom. The van der Waals surface area contributed by atoms with Crippen molar-refractivity contribution >= 4 is 44.4 Å². The molecule has 0 unspecified atom stereocenters. The molecule has 0 saturated heterocycles. The van der Waals surface area contributed by atoms with E-state index in [1.54, 1.807) is 30.3 Å². The molecule has 1 heterocycles. The molecule has 8 nitrogen and oxygen atoms in total. The smallest absolute Gasteiger partial charge is 0.306 e. The third-order valence-electron chi connectivity index (χ3n) is 4.95. The van der Waals surface area contributed by atoms with E-state index in [1.165, 1.54) is 12.1 Å². The minimum atomic E-state index is -3.86. The SMILES string of the molecule is CCCCn1c(COC(=O)CCC(=O)c2ccc(Cl)cc2)nc2cc(S(N)(=O)=O)ccc21. The van der Waals surface area contributed by atoms with E-state index in [4.69, 9.17) is 21.5 Å². The molecule has 1 aromatic heterocycles. The first-order valence-corrected chi connectivity index (χ1v) is 12.1. The Balaban J connectivity index is 1.69. The van der Waals surface area contributed by atoms with E-state index in [0.29, 0.717) is 28.5 Å². The van der Waals surface area contributed by atoms with Gasteiger partial charge in [-0.05, 0) is 48.9 Å². The van der Waals surface area contributed by atoms with Crippen molar-refractivity contribution in [2.24, 2.45) is 5.14 Å². The van der Waals surface area contributed by atoms with Crippen molar-refractivity contribution in [1.29, 1.82) is 0 Å². The molecule has 0 aliphatic rings. The second kappa shape index (κ2) is 10.2. The number of sulfonamides is 1. The van der Waals surface area contributed by atoms with Gasteiger partial charge in [0.2, 0.25) is 10.0 Å². The van der Waals surface area contributed by atoms with Crippen molar-refractivity contribution in [2.75, 3.05) is 0 Å². The average molecular weight is 478 g/mol. The van der Waals surface area contributed by atoms with Crippen LogP contribution in [0.25, 0.3) is 11.0 Å². The number of ether oxygens (including phenoxy) is 1. The molecule has 0 radical (unpaired) electrons. The molecular weight excluding hydrogens is 454 g/mol. The quantitative estimate of drug-likeness (QED) is 0.349. The van der Waals surface area contributed by atoms with E-state index in [-0.39, 0.29) is 30.1 Å². The monoisotopic (exact) mass is 477 g/mol. The highest BCUT2D eigenvalue weighted by Crippen LogP contribution is 2.21. The van der Waals surface area contributed by atoms with Gasteiger partial charge < -0.3 is 9.30 Å². The number of primary sulfonamides is 1. The summed E-state index contributed by atoms with van der Waals surface area (Å²) < 4.78 is 30.5. The number of nitrogens with zero attached hydrogens (tertiary/aromatic N) is 2. The number of benzene rings is 2. The molecule has 0 atom stereocenters. The molecule has 0 aliphatic heterocycles. The summed E-state index contributed by atoms with van der Waals surface area (Å²) in [6, 6.07) is 10.9. The normalized spacial score (nSPS) is 11.6. The maximum Gasteiger partial charge on any atom is 0.306 e. The lowest BCUT2D eigenvalue weighted by Gasteiger charge is -2.09. The molecule has 32 heavy (non-hydrogen) atoms. The number of carbonyl (C=O) groups excluding carboxylic acids is 2. The minimum absolute atomic E-state index is 0.0183. The zero-order valence-electron chi connectivity index (χ0n) is 17.6. The maximum atomic E-state index is 12.2. The fourth-order valence-corrected chi connectivity index (χ4v) is 3.88. The van der Waals surface area contributed by atoms with Gasteiger partial charge in [0.05, 0.1) is 22.3 Å². The van der Waals surface area contributed by atoms with Gasteiger partial charge in [0.15, 0.2) is 5.78 Å². The van der Waals surface area contributed by atoms with Crippen LogP contribution in [0.3, 0.4) is 0 Å². The van der Waals surface area contributed by atoms with Crippen LogP contribution < -0.4 is 5.14 Å². The summed E-state index contributed by atoms with van der Waals surface area (Å²) in [6.45, 7) is 2.61. The van der Waals surface area contributed by atoms with Gasteiger partial charge in [0.25, 0.3) is 0 Å². The van der Waals surface area contributed by atoms with Crippen LogP contribution >= 0.6 is 11.6 Å². The van der Waals surface area contributed by atoms with Crippen LogP contribution in [0.5, 0.6) is 0 Å². The Morgan fingerprint density at radius 2 is 1.84 bits per heavy atom. The first-order chi connectivity index (χ1) is 15.2. The summed E-state index contributed by atoms with van der Waals surface area (Å²) in [5, 5.41) is 5.74. The van der Waals surface area contributed by atoms with E-state index in [9.17, 15) is 18.0 Å². The summed E-state index contributed by atoms with van der Waals surface area (Å²) in [4.78, 5) is 28.8. The molecule has 3 rings (SSSR count). The molecule has 0 spiro atoms. The number of nitrogens with two attached hydrogens (primary N) is 1. The van der Waals surface area contributed by atoms with Crippen molar-refractivity contribution in [3.63, 3.8) is 0 Å². The highest BCUT2D eigenvalue weighted by Gasteiger charge is 2.17. The maximum absolute atomic E-state index is 12.2. The third kappa shape index (κ3) is 5.93. The number of hydrogen-bond donors (Lipinski definition) is 1. The van der Waals surface area contributed by atoms with Crippen LogP contribution in [-0.2, 0) is 32.7 Å². The molecule has 2 N–H and O–H groups in total. The molecule has 3 aromatic rings. The van der Waals surface area contributed by atoms with Gasteiger partial charge in [-0.25, -0.2) is 18.5 Å². The van der Waals surface area contributed by atoms with Crippen molar-refractivity contribution in [3.8, 4) is 0 Å². The van der Waals surface area contributed by atoms with Crippen molar-refractivity contribution in [3.05, 3.63) is 58.9 Å². The Labute approximate surface area is 191 Å². The second-order valence-corrected chi connectivity index (χ2v) is 9.32. The van der Waals surface area contributed by atoms with Crippen molar-refractivity contribution in [1.82, 2.24) is 9.55 Å². The van der Waals surface area contributed by atoms with E-state index in [2.05, 4.69) is 11.9 Å². The first kappa shape index (κ1) is 23.9. The molecule has 2 aromatic carbocycles. The Kier molecular flexibility index (Phi) is 7.65. The van der Waals surface area contributed by atoms with Crippen LogP contribution in [0.2, 0.25) is 5.02 Å². The molecule has 10 heteroatoms. The Morgan fingerprint density at radius 3 is 2.50 bits per heavy atom. The van der Waals surface area contributed by atoms with Crippen LogP contribution in [0, 0.1) is 0 Å². The number of imidazole rings is 1. The van der Waals surface area contributed by atoms with E-state index >= 15 is 0 Å². The summed E-state index contributed by atoms with van der Waals surface area (Å²) in [5.41, 5.74) is 1.67. The number of hydrogen-bond acceptors (Lipinski definition) is 6. The van der Waals surface area contributed by atoms with Gasteiger partial charge in [-0.3, -0.25) is 9.59 Å². The van der Waals surface area contributed by atoms with Crippen molar-refractivity contribution in [2.45, 2.75) is 50.7 Å². The fraction of sp³-hybridized carbons (Fsp3) is 0.318. The summed E-state index contributed by atoms with van der Waals surface area (Å²) in [5.74, 6) is -0.201. The molecule has 0 aliphatic carbocycles. The largest absolute Gasteiger partial charge is 0.457 e. The number of aromatic nitrogens is 2. The Bertz CT molecular complexity index is 1240. The second-order valence-electron chi connectivity index (χ2n) is 7.32. The zero-order chi connectivity index (χ0) is 23.3. The third-order valence-corrected chi connectivity index (χ3v) is 6.11. The van der Waals surface area contributed by atoms with Gasteiger partial charge >= 0.3 is 5.97 Å². The Hall–Kier alpha value is -2.75. The summed E-state index contributed by atoms with van der Waals surface area (Å²) in [6.07, 6.45) is 1.77. The molecule has 0 fully saturated rings. The average Bonchev–Trinajstić information content (AvgIpc) is 3.11. The topological polar surface area (TPSA) is 121 Å². The van der Waals surface area contributed by atoms with Crippen LogP contribution in [-0.4, -0.2) is 29.7 Å². The number of fused-ring (bicyclic) bond motifs is 1. The lowest BCUT2D eigenvalue weighted by atomic mass is 10.1. The predicted octanol–water partition coefficient (Wildman–Crippen LogP) is 3.84. The highest BCUT2D eigenvalue weighted by molar-refractivity contribution is 7.89. The first-order valence-electron chi connectivity index (χ1n) is 10.2. The predicted molar refractivity (Wildman–Crippen MR) is 121 cm³/mol. The van der Waals surface area contributed by atoms with Gasteiger partial charge in [-0.15, -0.1) is 0 Å². The molecular formula is C22H24ClN3O5S. The number of esters is 1. The van der Waals surface area contributed by atoms with Crippen LogP contribution in [0.15, 0.2) is 47.4 Å². The summed E-state index contributed by atoms with van der Waals surface area (Å²) in [7, 11) is -3.86. The summed E-state index contributed by atoms with van der Waals surface area (Å²) >= 11 is 5.82. The highest BCUT2D eigenvalue weighted by atomic mass is 35.5. The van der Waals surface area contributed by atoms with Gasteiger partial charge in [0, 0.05) is 23.6 Å². The lowest BCUT2D eigenvalue weighted by Crippen LogP contribution is -2.12. The number of aryl methyl sites for hydroxylation is 1. The van der Waals surface area contributed by atoms with E-state index in [0.717, 1.165) is 18.4 Å². The van der Waals surface area contributed by atoms with Crippen molar-refractivity contribution < 1.29 is 22.7 Å². The molecule has 170 valence electrons. The minimum Gasteiger partial charge on any atom is -0.457 e. The number of halogens is 1. The number of unbranched alkanes of at least 4 members (excludes halogenated alkanes) is 1. The standard InChI is InChI=1S/C22H24ClN3O5S/c1-2-3-12-26-19-9-8-17(32(24,29)30)13-18(19)25-21(26)14-31-22(28)11-10-20(27)15-4-6-16(23)7-5-15/h4-9,13H,2-3,10-12,14H2,1H3,(H2,24,29,30). The zero-order valence-corrected chi connectivity index (χ0v) is 19.2. The van der Waals surface area contributed by atoms with E-state index in [1.807, 2.05) is 4.57 Å². The van der Waals surface area contributed by atoms with Gasteiger partial charge in [-0.1, -0.05) is 24.9 Å². The molecule has 0 amide bonds. The number of ketones is 1. The number of carbonyl (C=O) groups is 2. The lowest BCUT2D eigenvalue weighted by molar-refractivity contribution is -0.145. The molecule has 0 bridgehead atoms. The number of rotatable bonds is 10.